The number of carbonyl (C=O) groups is 1. The van der Waals surface area contributed by atoms with E-state index in [0.29, 0.717) is 48.2 Å². The molecule has 216 valence electrons. The van der Waals surface area contributed by atoms with E-state index >= 15 is 4.39 Å². The lowest BCUT2D eigenvalue weighted by molar-refractivity contribution is -0.126. The second kappa shape index (κ2) is 11.2. The lowest BCUT2D eigenvalue weighted by atomic mass is 9.92. The molecule has 0 aliphatic carbocycles. The summed E-state index contributed by atoms with van der Waals surface area (Å²) in [6.07, 6.45) is 4.09. The number of aromatic nitrogens is 2. The van der Waals surface area contributed by atoms with Gasteiger partial charge in [0.2, 0.25) is 5.91 Å². The van der Waals surface area contributed by atoms with Crippen molar-refractivity contribution in [3.8, 4) is 11.1 Å². The Morgan fingerprint density at radius 2 is 2.00 bits per heavy atom. The number of amides is 1. The Balaban J connectivity index is 1.53. The van der Waals surface area contributed by atoms with Crippen molar-refractivity contribution >= 4 is 34.4 Å². The first-order valence-electron chi connectivity index (χ1n) is 14.2. The first-order chi connectivity index (χ1) is 19.8. The number of hydrogen-bond donors (Lipinski definition) is 0. The Morgan fingerprint density at radius 3 is 2.71 bits per heavy atom. The Kier molecular flexibility index (Phi) is 7.63. The minimum atomic E-state index is -0.631. The predicted molar refractivity (Wildman–Crippen MR) is 158 cm³/mol. The molecule has 2 aromatic carbocycles. The molecule has 6 rings (SSSR count). The lowest BCUT2D eigenvalue weighted by Crippen LogP contribution is -2.54. The van der Waals surface area contributed by atoms with Crippen molar-refractivity contribution in [2.45, 2.75) is 50.1 Å². The topological polar surface area (TPSA) is 67.7 Å². The minimum absolute atomic E-state index is 0.0553. The molecule has 41 heavy (non-hydrogen) atoms. The van der Waals surface area contributed by atoms with Crippen LogP contribution in [0.5, 0.6) is 0 Å². The molecule has 10 heteroatoms. The smallest absolute Gasteiger partial charge is 0.350 e. The summed E-state index contributed by atoms with van der Waals surface area (Å²) in [5.74, 6) is 0.325. The average Bonchev–Trinajstić information content (AvgIpc) is 2.96. The molecule has 2 fully saturated rings. The average molecular weight is 581 g/mol. The number of ether oxygens (including phenoxy) is 1. The number of piperazine rings is 1. The molecule has 2 atom stereocenters. The Bertz CT molecular complexity index is 1590. The quantitative estimate of drug-likeness (QED) is 0.380. The standard InChI is InChI=1S/C31H34F2N4O3S/c1-4-26(38)35-9-10-36(19(3)16-35)30-24-13-18(2)27(23-6-5-21(32)15-25(23)33)29-28(24)37(31(39)34-30)22(17-41-29)14-20-7-11-40-12-8-20/h4-6,13,15,19-20,22H,1,7-12,14,16-17H2,2-3H3/t19-,22-/m0/s1. The monoisotopic (exact) mass is 580 g/mol. The summed E-state index contributed by atoms with van der Waals surface area (Å²) in [6.45, 7) is 10.5. The van der Waals surface area contributed by atoms with Crippen LogP contribution < -0.4 is 10.6 Å². The highest BCUT2D eigenvalue weighted by Crippen LogP contribution is 2.47. The van der Waals surface area contributed by atoms with E-state index in [9.17, 15) is 14.0 Å². The van der Waals surface area contributed by atoms with Gasteiger partial charge in [-0.25, -0.2) is 13.6 Å². The summed E-state index contributed by atoms with van der Waals surface area (Å²) in [7, 11) is 0. The van der Waals surface area contributed by atoms with Crippen LogP contribution >= 0.6 is 11.8 Å². The summed E-state index contributed by atoms with van der Waals surface area (Å²) in [6, 6.07) is 5.51. The molecular formula is C31H34F2N4O3S. The second-order valence-electron chi connectivity index (χ2n) is 11.3. The largest absolute Gasteiger partial charge is 0.381 e. The summed E-state index contributed by atoms with van der Waals surface area (Å²) in [5.41, 5.74) is 2.27. The Morgan fingerprint density at radius 1 is 1.22 bits per heavy atom. The van der Waals surface area contributed by atoms with Gasteiger partial charge in [-0.05, 0) is 68.9 Å². The van der Waals surface area contributed by atoms with E-state index in [2.05, 4.69) is 16.5 Å². The van der Waals surface area contributed by atoms with Crippen LogP contribution in [0.3, 0.4) is 0 Å². The summed E-state index contributed by atoms with van der Waals surface area (Å²) >= 11 is 1.64. The molecule has 0 N–H and O–H groups in total. The first kappa shape index (κ1) is 27.9. The zero-order chi connectivity index (χ0) is 28.8. The number of halogens is 2. The molecule has 3 aromatic rings. The van der Waals surface area contributed by atoms with Gasteiger partial charge < -0.3 is 14.5 Å². The number of carbonyl (C=O) groups excluding carboxylic acids is 1. The zero-order valence-corrected chi connectivity index (χ0v) is 24.2. The molecule has 4 heterocycles. The van der Waals surface area contributed by atoms with Crippen LogP contribution in [0.25, 0.3) is 22.0 Å². The molecular weight excluding hydrogens is 546 g/mol. The summed E-state index contributed by atoms with van der Waals surface area (Å²) in [5, 5.41) is 0.836. The van der Waals surface area contributed by atoms with E-state index in [-0.39, 0.29) is 23.7 Å². The number of benzene rings is 2. The zero-order valence-electron chi connectivity index (χ0n) is 23.4. The SMILES string of the molecule is C=CC(=O)N1CCN(c2nc(=O)n3c4c(c(-c5ccc(F)cc5F)c(C)cc24)SC[C@@H]3CC2CCOCC2)[C@@H](C)C1. The number of hydrogen-bond acceptors (Lipinski definition) is 6. The van der Waals surface area contributed by atoms with Gasteiger partial charge in [0.1, 0.15) is 17.5 Å². The molecule has 1 aromatic heterocycles. The van der Waals surface area contributed by atoms with Crippen LogP contribution in [0.4, 0.5) is 14.6 Å². The maximum Gasteiger partial charge on any atom is 0.350 e. The number of rotatable bonds is 5. The molecule has 0 saturated carbocycles. The molecule has 0 spiro atoms. The molecule has 3 aliphatic heterocycles. The molecule has 7 nitrogen and oxygen atoms in total. The third-order valence-electron chi connectivity index (χ3n) is 8.66. The van der Waals surface area contributed by atoms with E-state index in [1.807, 2.05) is 24.5 Å². The maximum absolute atomic E-state index is 15.2. The highest BCUT2D eigenvalue weighted by atomic mass is 32.2. The first-order valence-corrected chi connectivity index (χ1v) is 15.2. The van der Waals surface area contributed by atoms with E-state index < -0.39 is 11.6 Å². The van der Waals surface area contributed by atoms with Crippen LogP contribution in [0, 0.1) is 24.5 Å². The van der Waals surface area contributed by atoms with E-state index in [4.69, 9.17) is 4.74 Å². The Labute approximate surface area is 242 Å². The fraction of sp³-hybridized carbons (Fsp3) is 0.452. The summed E-state index contributed by atoms with van der Waals surface area (Å²) < 4.78 is 36.4. The maximum atomic E-state index is 15.2. The molecule has 1 amide bonds. The predicted octanol–water partition coefficient (Wildman–Crippen LogP) is 5.34. The normalized spacial score (nSPS) is 21.4. The van der Waals surface area contributed by atoms with Crippen molar-refractivity contribution in [1.29, 1.82) is 0 Å². The molecule has 2 saturated heterocycles. The minimum Gasteiger partial charge on any atom is -0.381 e. The fourth-order valence-corrected chi connectivity index (χ4v) is 8.01. The third kappa shape index (κ3) is 5.05. The third-order valence-corrected chi connectivity index (χ3v) is 9.90. The van der Waals surface area contributed by atoms with Gasteiger partial charge in [0, 0.05) is 78.2 Å². The van der Waals surface area contributed by atoms with Gasteiger partial charge in [-0.3, -0.25) is 9.36 Å². The molecule has 0 unspecified atom stereocenters. The molecule has 0 bridgehead atoms. The van der Waals surface area contributed by atoms with Crippen LogP contribution in [-0.2, 0) is 9.53 Å². The fourth-order valence-electron chi connectivity index (χ4n) is 6.61. The van der Waals surface area contributed by atoms with Crippen molar-refractivity contribution in [3.63, 3.8) is 0 Å². The lowest BCUT2D eigenvalue weighted by Gasteiger charge is -2.41. The number of anilines is 1. The van der Waals surface area contributed by atoms with Crippen molar-refractivity contribution in [2.75, 3.05) is 43.5 Å². The number of aryl methyl sites for hydroxylation is 1. The van der Waals surface area contributed by atoms with Crippen molar-refractivity contribution in [3.05, 3.63) is 64.6 Å². The second-order valence-corrected chi connectivity index (χ2v) is 12.3. The van der Waals surface area contributed by atoms with Crippen LogP contribution in [0.15, 0.2) is 46.6 Å². The van der Waals surface area contributed by atoms with Gasteiger partial charge >= 0.3 is 5.69 Å². The molecule has 3 aliphatic rings. The number of nitrogens with zero attached hydrogens (tertiary/aromatic N) is 4. The van der Waals surface area contributed by atoms with Gasteiger partial charge in [-0.15, -0.1) is 11.8 Å². The van der Waals surface area contributed by atoms with Crippen LogP contribution in [0.1, 0.15) is 37.8 Å². The van der Waals surface area contributed by atoms with Gasteiger partial charge in [-0.2, -0.15) is 4.98 Å². The van der Waals surface area contributed by atoms with Crippen molar-refractivity contribution in [1.82, 2.24) is 14.5 Å². The van der Waals surface area contributed by atoms with E-state index in [1.54, 1.807) is 16.7 Å². The highest BCUT2D eigenvalue weighted by molar-refractivity contribution is 7.99. The van der Waals surface area contributed by atoms with Gasteiger partial charge in [0.25, 0.3) is 0 Å². The van der Waals surface area contributed by atoms with Crippen molar-refractivity contribution < 1.29 is 18.3 Å². The van der Waals surface area contributed by atoms with Crippen molar-refractivity contribution in [2.24, 2.45) is 5.92 Å². The summed E-state index contributed by atoms with van der Waals surface area (Å²) in [4.78, 5) is 35.6. The highest BCUT2D eigenvalue weighted by Gasteiger charge is 2.34. The van der Waals surface area contributed by atoms with Gasteiger partial charge in [0.05, 0.1) is 5.52 Å². The number of thioether (sulfide) groups is 1. The van der Waals surface area contributed by atoms with Crippen LogP contribution in [0.2, 0.25) is 0 Å². The van der Waals surface area contributed by atoms with Gasteiger partial charge in [-0.1, -0.05) is 6.58 Å². The molecule has 0 radical (unpaired) electrons. The van der Waals surface area contributed by atoms with E-state index in [0.717, 1.165) is 59.9 Å². The van der Waals surface area contributed by atoms with Crippen LogP contribution in [-0.4, -0.2) is 65.0 Å². The van der Waals surface area contributed by atoms with E-state index in [1.165, 1.54) is 18.2 Å². The Hall–Kier alpha value is -3.24. The van der Waals surface area contributed by atoms with Gasteiger partial charge in [0.15, 0.2) is 0 Å².